The van der Waals surface area contributed by atoms with Crippen LogP contribution in [-0.4, -0.2) is 42.5 Å². The molecular formula is C22H20Br4NNaO3. The number of carbonyl (C=O) groups excluding carboxylic acids is 1. The quantitative estimate of drug-likeness (QED) is 0.190. The van der Waals surface area contributed by atoms with Gasteiger partial charge in [-0.25, -0.2) is 0 Å². The second-order valence-corrected chi connectivity index (χ2v) is 15.6. The molecule has 160 valence electrons. The Kier molecular flexibility index (Phi) is 9.74. The van der Waals surface area contributed by atoms with Crippen molar-refractivity contribution in [3.63, 3.8) is 0 Å². The number of alkyl halides is 4. The SMILES string of the molecule is CC1(C)[C@H](C(=O)OC(C#N)c2cccc(Oc3ccccc3)c2)[C@@H]1C(Br)C(Br)(Br)Br.[NaH]. The number of benzene rings is 2. The molecule has 9 heteroatoms. The predicted molar refractivity (Wildman–Crippen MR) is 138 cm³/mol. The van der Waals surface area contributed by atoms with Crippen LogP contribution in [0.15, 0.2) is 54.6 Å². The number of hydrogen-bond donors (Lipinski definition) is 0. The summed E-state index contributed by atoms with van der Waals surface area (Å²) in [6.07, 6.45) is -1.01. The molecule has 0 bridgehead atoms. The van der Waals surface area contributed by atoms with E-state index in [-0.39, 0.29) is 57.6 Å². The maximum atomic E-state index is 12.9. The van der Waals surface area contributed by atoms with Crippen LogP contribution >= 0.6 is 63.7 Å². The standard InChI is InChI=1S/C22H19Br4NO3.Na.H/c1-21(2)17(19(23)22(24,25)26)18(21)20(28)30-16(12-27)13-7-6-10-15(11-13)29-14-8-4-3-5-9-14;;/h3-11,16-19H,1-2H3;;/t16?,17-,18+,19?;;/m1../s1. The van der Waals surface area contributed by atoms with Crippen LogP contribution in [0.3, 0.4) is 0 Å². The van der Waals surface area contributed by atoms with Gasteiger partial charge in [-0.1, -0.05) is 108 Å². The maximum absolute atomic E-state index is 12.9. The van der Waals surface area contributed by atoms with Gasteiger partial charge in [0, 0.05) is 5.56 Å². The average Bonchev–Trinajstić information content (AvgIpc) is 3.27. The first kappa shape index (κ1) is 27.4. The minimum absolute atomic E-state index is 0. The van der Waals surface area contributed by atoms with Gasteiger partial charge in [0.15, 0.2) is 0 Å². The van der Waals surface area contributed by atoms with E-state index in [1.807, 2.05) is 44.2 Å². The second-order valence-electron chi connectivity index (χ2n) is 7.70. The van der Waals surface area contributed by atoms with Crippen molar-refractivity contribution in [2.75, 3.05) is 0 Å². The van der Waals surface area contributed by atoms with Gasteiger partial charge in [0.1, 0.15) is 19.7 Å². The van der Waals surface area contributed by atoms with Crippen LogP contribution in [0.25, 0.3) is 0 Å². The van der Waals surface area contributed by atoms with Gasteiger partial charge in [0.25, 0.3) is 0 Å². The molecule has 3 rings (SSSR count). The van der Waals surface area contributed by atoms with Crippen LogP contribution in [0.2, 0.25) is 0 Å². The van der Waals surface area contributed by atoms with E-state index in [0.29, 0.717) is 17.1 Å². The zero-order chi connectivity index (χ0) is 22.1. The first-order valence-electron chi connectivity index (χ1n) is 9.19. The zero-order valence-corrected chi connectivity index (χ0v) is 22.5. The molecule has 0 amide bonds. The molecule has 0 saturated heterocycles. The molecular weight excluding hydrogens is 669 g/mol. The van der Waals surface area contributed by atoms with E-state index in [0.717, 1.165) is 0 Å². The molecule has 2 aromatic rings. The van der Waals surface area contributed by atoms with Crippen LogP contribution < -0.4 is 4.74 Å². The Morgan fingerprint density at radius 1 is 1.10 bits per heavy atom. The van der Waals surface area contributed by atoms with Crippen LogP contribution in [0.5, 0.6) is 11.5 Å². The van der Waals surface area contributed by atoms with E-state index in [1.54, 1.807) is 24.3 Å². The van der Waals surface area contributed by atoms with Gasteiger partial charge < -0.3 is 9.47 Å². The van der Waals surface area contributed by atoms with Crippen molar-refractivity contribution in [1.29, 1.82) is 5.26 Å². The van der Waals surface area contributed by atoms with Gasteiger partial charge in [-0.3, -0.25) is 4.79 Å². The third-order valence-electron chi connectivity index (χ3n) is 5.28. The van der Waals surface area contributed by atoms with E-state index in [9.17, 15) is 10.1 Å². The molecule has 2 aromatic carbocycles. The first-order valence-corrected chi connectivity index (χ1v) is 12.5. The second kappa shape index (κ2) is 11.0. The van der Waals surface area contributed by atoms with E-state index >= 15 is 0 Å². The minimum atomic E-state index is -1.01. The number of nitriles is 1. The third-order valence-corrected chi connectivity index (χ3v) is 9.86. The number of carbonyl (C=O) groups is 1. The zero-order valence-electron chi connectivity index (χ0n) is 16.2. The number of hydrogen-bond acceptors (Lipinski definition) is 4. The normalized spacial score (nSPS) is 21.1. The molecule has 4 atom stereocenters. The number of para-hydroxylation sites is 1. The Hall–Kier alpha value is 0.120. The summed E-state index contributed by atoms with van der Waals surface area (Å²) in [5.74, 6) is 0.576. The summed E-state index contributed by atoms with van der Waals surface area (Å²) >= 11 is 14.2. The molecule has 1 aliphatic carbocycles. The fraction of sp³-hybridized carbons (Fsp3) is 0.364. The molecule has 0 aromatic heterocycles. The predicted octanol–water partition coefficient (Wildman–Crippen LogP) is 6.81. The molecule has 0 N–H and O–H groups in total. The summed E-state index contributed by atoms with van der Waals surface area (Å²) in [6, 6.07) is 18.5. The topological polar surface area (TPSA) is 59.3 Å². The Labute approximate surface area is 238 Å². The Bertz CT molecular complexity index is 959. The van der Waals surface area contributed by atoms with Crippen LogP contribution in [-0.2, 0) is 9.53 Å². The molecule has 2 unspecified atom stereocenters. The van der Waals surface area contributed by atoms with Gasteiger partial charge in [-0.15, -0.1) is 0 Å². The third kappa shape index (κ3) is 6.59. The summed E-state index contributed by atoms with van der Waals surface area (Å²) in [7, 11) is 0. The van der Waals surface area contributed by atoms with Crippen LogP contribution in [0.4, 0.5) is 0 Å². The molecule has 1 fully saturated rings. The Morgan fingerprint density at radius 2 is 1.71 bits per heavy atom. The van der Waals surface area contributed by atoms with Gasteiger partial charge in [0.2, 0.25) is 6.10 Å². The number of halogens is 4. The Balaban J connectivity index is 0.00000341. The number of nitrogens with zero attached hydrogens (tertiary/aromatic N) is 1. The number of esters is 1. The van der Waals surface area contributed by atoms with Crippen molar-refractivity contribution < 1.29 is 14.3 Å². The Morgan fingerprint density at radius 3 is 2.29 bits per heavy atom. The average molecular weight is 689 g/mol. The van der Waals surface area contributed by atoms with Gasteiger partial charge >= 0.3 is 35.5 Å². The van der Waals surface area contributed by atoms with Crippen molar-refractivity contribution in [1.82, 2.24) is 0 Å². The van der Waals surface area contributed by atoms with Crippen LogP contribution in [0, 0.1) is 28.6 Å². The molecule has 0 radical (unpaired) electrons. The summed E-state index contributed by atoms with van der Waals surface area (Å²) in [5.41, 5.74) is 0.310. The van der Waals surface area contributed by atoms with Crippen molar-refractivity contribution in [3.05, 3.63) is 60.2 Å². The van der Waals surface area contributed by atoms with E-state index < -0.39 is 8.25 Å². The molecule has 0 heterocycles. The van der Waals surface area contributed by atoms with Crippen molar-refractivity contribution in [3.8, 4) is 17.6 Å². The summed E-state index contributed by atoms with van der Waals surface area (Å²) < 4.78 is 10.9. The van der Waals surface area contributed by atoms with Gasteiger partial charge in [0.05, 0.1) is 10.7 Å². The fourth-order valence-electron chi connectivity index (χ4n) is 3.60. The molecule has 0 aliphatic heterocycles. The number of rotatable bonds is 6. The monoisotopic (exact) mass is 685 g/mol. The number of ether oxygens (including phenoxy) is 2. The summed E-state index contributed by atoms with van der Waals surface area (Å²) in [4.78, 5) is 12.8. The van der Waals surface area contributed by atoms with Crippen molar-refractivity contribution in [2.45, 2.75) is 26.9 Å². The molecule has 31 heavy (non-hydrogen) atoms. The van der Waals surface area contributed by atoms with E-state index in [2.05, 4.69) is 69.8 Å². The first-order chi connectivity index (χ1) is 14.1. The summed E-state index contributed by atoms with van der Waals surface area (Å²) in [6.45, 7) is 4.04. The van der Waals surface area contributed by atoms with Gasteiger partial charge in [-0.05, 0) is 35.6 Å². The molecule has 1 aliphatic rings. The van der Waals surface area contributed by atoms with Gasteiger partial charge in [-0.2, -0.15) is 5.26 Å². The van der Waals surface area contributed by atoms with Crippen molar-refractivity contribution in [2.24, 2.45) is 17.3 Å². The van der Waals surface area contributed by atoms with E-state index in [1.165, 1.54) is 0 Å². The fourth-order valence-corrected chi connectivity index (χ4v) is 5.44. The van der Waals surface area contributed by atoms with Crippen molar-refractivity contribution >= 4 is 99.2 Å². The molecule has 4 nitrogen and oxygen atoms in total. The molecule has 1 saturated carbocycles. The van der Waals surface area contributed by atoms with E-state index in [4.69, 9.17) is 9.47 Å². The van der Waals surface area contributed by atoms with Crippen LogP contribution in [0.1, 0.15) is 25.5 Å². The summed E-state index contributed by atoms with van der Waals surface area (Å²) in [5, 5.41) is 9.65. The molecule has 0 spiro atoms.